The molecule has 0 unspecified atom stereocenters. The van der Waals surface area contributed by atoms with Crippen LogP contribution >= 0.6 is 0 Å². The lowest BCUT2D eigenvalue weighted by molar-refractivity contribution is -0.119. The average Bonchev–Trinajstić information content (AvgIpc) is 2.67. The fourth-order valence-electron chi connectivity index (χ4n) is 2.73. The number of aromatic nitrogens is 2. The van der Waals surface area contributed by atoms with Crippen LogP contribution in [0.2, 0.25) is 0 Å². The van der Waals surface area contributed by atoms with E-state index in [0.29, 0.717) is 43.5 Å². The number of benzene rings is 1. The lowest BCUT2D eigenvalue weighted by Gasteiger charge is -2.32. The van der Waals surface area contributed by atoms with Gasteiger partial charge in [-0.25, -0.2) is 9.97 Å². The summed E-state index contributed by atoms with van der Waals surface area (Å²) >= 11 is 0. The highest BCUT2D eigenvalue weighted by atomic mass is 16.5. The Hall–Kier alpha value is -3.16. The molecule has 0 bridgehead atoms. The zero-order valence-electron chi connectivity index (χ0n) is 14.8. The number of rotatable bonds is 5. The SMILES string of the molecule is COc1ccc(Nc2nc(C)cc(C(=O)N3CCN(C=O)CC3)n2)cc1. The van der Waals surface area contributed by atoms with Gasteiger partial charge < -0.3 is 19.9 Å². The number of ether oxygens (including phenoxy) is 1. The van der Waals surface area contributed by atoms with Crippen molar-refractivity contribution in [2.24, 2.45) is 0 Å². The molecule has 1 fully saturated rings. The first-order valence-corrected chi connectivity index (χ1v) is 8.34. The van der Waals surface area contributed by atoms with Crippen molar-refractivity contribution in [3.8, 4) is 5.75 Å². The van der Waals surface area contributed by atoms with Gasteiger partial charge in [0.25, 0.3) is 5.91 Å². The summed E-state index contributed by atoms with van der Waals surface area (Å²) in [7, 11) is 1.61. The molecule has 0 aliphatic carbocycles. The van der Waals surface area contributed by atoms with E-state index in [1.54, 1.807) is 23.0 Å². The fraction of sp³-hybridized carbons (Fsp3) is 0.333. The van der Waals surface area contributed by atoms with Crippen LogP contribution in [0.15, 0.2) is 30.3 Å². The predicted octanol–water partition coefficient (Wildman–Crippen LogP) is 1.45. The monoisotopic (exact) mass is 355 g/mol. The van der Waals surface area contributed by atoms with Gasteiger partial charge in [0.1, 0.15) is 11.4 Å². The van der Waals surface area contributed by atoms with Crippen molar-refractivity contribution in [1.82, 2.24) is 19.8 Å². The maximum Gasteiger partial charge on any atom is 0.272 e. The number of aryl methyl sites for hydroxylation is 1. The van der Waals surface area contributed by atoms with Gasteiger partial charge in [-0.2, -0.15) is 0 Å². The zero-order chi connectivity index (χ0) is 18.5. The Kier molecular flexibility index (Phi) is 5.31. The van der Waals surface area contributed by atoms with Gasteiger partial charge in [0.05, 0.1) is 7.11 Å². The Morgan fingerprint density at radius 3 is 2.46 bits per heavy atom. The van der Waals surface area contributed by atoms with E-state index in [0.717, 1.165) is 17.8 Å². The Balaban J connectivity index is 1.74. The number of methoxy groups -OCH3 is 1. The van der Waals surface area contributed by atoms with Gasteiger partial charge in [0, 0.05) is 37.6 Å². The van der Waals surface area contributed by atoms with E-state index in [9.17, 15) is 9.59 Å². The second-order valence-electron chi connectivity index (χ2n) is 6.01. The smallest absolute Gasteiger partial charge is 0.272 e. The van der Waals surface area contributed by atoms with Crippen molar-refractivity contribution in [2.45, 2.75) is 6.92 Å². The van der Waals surface area contributed by atoms with Crippen molar-refractivity contribution < 1.29 is 14.3 Å². The van der Waals surface area contributed by atoms with Crippen molar-refractivity contribution in [3.63, 3.8) is 0 Å². The Labute approximate surface area is 151 Å². The molecule has 136 valence electrons. The van der Waals surface area contributed by atoms with Gasteiger partial charge >= 0.3 is 0 Å². The van der Waals surface area contributed by atoms with Crippen LogP contribution in [0.3, 0.4) is 0 Å². The second-order valence-corrected chi connectivity index (χ2v) is 6.01. The number of carbonyl (C=O) groups is 2. The normalized spacial score (nSPS) is 14.1. The number of hydrogen-bond acceptors (Lipinski definition) is 6. The molecule has 2 amide bonds. The summed E-state index contributed by atoms with van der Waals surface area (Å²) in [4.78, 5) is 35.6. The summed E-state index contributed by atoms with van der Waals surface area (Å²) in [5.41, 5.74) is 1.84. The summed E-state index contributed by atoms with van der Waals surface area (Å²) in [6.45, 7) is 3.90. The third kappa shape index (κ3) is 4.08. The van der Waals surface area contributed by atoms with Crippen LogP contribution in [0.4, 0.5) is 11.6 Å². The molecule has 0 radical (unpaired) electrons. The average molecular weight is 355 g/mol. The van der Waals surface area contributed by atoms with Crippen LogP contribution in [0, 0.1) is 6.92 Å². The number of nitrogens with one attached hydrogen (secondary N) is 1. The molecule has 1 aliphatic rings. The van der Waals surface area contributed by atoms with Crippen molar-refractivity contribution >= 4 is 24.0 Å². The molecule has 8 nitrogen and oxygen atoms in total. The predicted molar refractivity (Wildman–Crippen MR) is 96.6 cm³/mol. The van der Waals surface area contributed by atoms with Crippen LogP contribution in [0.1, 0.15) is 16.2 Å². The van der Waals surface area contributed by atoms with Crippen molar-refractivity contribution in [2.75, 3.05) is 38.6 Å². The van der Waals surface area contributed by atoms with E-state index in [1.807, 2.05) is 31.2 Å². The summed E-state index contributed by atoms with van der Waals surface area (Å²) in [6.07, 6.45) is 0.813. The molecule has 1 saturated heterocycles. The van der Waals surface area contributed by atoms with E-state index in [1.165, 1.54) is 0 Å². The molecule has 0 saturated carbocycles. The van der Waals surface area contributed by atoms with E-state index >= 15 is 0 Å². The fourth-order valence-corrected chi connectivity index (χ4v) is 2.73. The largest absolute Gasteiger partial charge is 0.497 e. The standard InChI is InChI=1S/C18H21N5O3/c1-13-11-16(17(25)23-9-7-22(12-24)8-10-23)21-18(19-13)20-14-3-5-15(26-2)6-4-14/h3-6,11-12H,7-10H2,1-2H3,(H,19,20,21). The molecule has 1 aromatic carbocycles. The number of piperazine rings is 1. The molecule has 2 heterocycles. The molecular weight excluding hydrogens is 334 g/mol. The van der Waals surface area contributed by atoms with Gasteiger partial charge in [-0.05, 0) is 37.3 Å². The lowest BCUT2D eigenvalue weighted by Crippen LogP contribution is -2.48. The van der Waals surface area contributed by atoms with Crippen LogP contribution in [0.5, 0.6) is 5.75 Å². The van der Waals surface area contributed by atoms with Crippen molar-refractivity contribution in [1.29, 1.82) is 0 Å². The van der Waals surface area contributed by atoms with Crippen LogP contribution in [-0.4, -0.2) is 65.4 Å². The highest BCUT2D eigenvalue weighted by Crippen LogP contribution is 2.19. The van der Waals surface area contributed by atoms with E-state index in [2.05, 4.69) is 15.3 Å². The van der Waals surface area contributed by atoms with Crippen molar-refractivity contribution in [3.05, 3.63) is 41.7 Å². The number of hydrogen-bond donors (Lipinski definition) is 1. The highest BCUT2D eigenvalue weighted by molar-refractivity contribution is 5.93. The Morgan fingerprint density at radius 2 is 1.85 bits per heavy atom. The molecule has 0 spiro atoms. The van der Waals surface area contributed by atoms with Crippen LogP contribution < -0.4 is 10.1 Å². The van der Waals surface area contributed by atoms with Gasteiger partial charge in [0.15, 0.2) is 0 Å². The zero-order valence-corrected chi connectivity index (χ0v) is 14.8. The highest BCUT2D eigenvalue weighted by Gasteiger charge is 2.23. The molecular formula is C18H21N5O3. The molecule has 1 aliphatic heterocycles. The number of amides is 2. The minimum Gasteiger partial charge on any atom is -0.497 e. The van der Waals surface area contributed by atoms with Gasteiger partial charge in [-0.15, -0.1) is 0 Å². The molecule has 8 heteroatoms. The maximum absolute atomic E-state index is 12.7. The third-order valence-corrected chi connectivity index (χ3v) is 4.17. The first-order valence-electron chi connectivity index (χ1n) is 8.34. The molecule has 1 N–H and O–H groups in total. The van der Waals surface area contributed by atoms with E-state index in [-0.39, 0.29) is 5.91 Å². The minimum absolute atomic E-state index is 0.154. The second kappa shape index (κ2) is 7.81. The Morgan fingerprint density at radius 1 is 1.15 bits per heavy atom. The minimum atomic E-state index is -0.154. The molecule has 0 atom stereocenters. The molecule has 1 aromatic heterocycles. The first kappa shape index (κ1) is 17.7. The molecule has 3 rings (SSSR count). The summed E-state index contributed by atoms with van der Waals surface area (Å²) < 4.78 is 5.14. The van der Waals surface area contributed by atoms with E-state index in [4.69, 9.17) is 4.74 Å². The van der Waals surface area contributed by atoms with E-state index < -0.39 is 0 Å². The Bertz CT molecular complexity index is 786. The number of carbonyl (C=O) groups excluding carboxylic acids is 2. The lowest BCUT2D eigenvalue weighted by atomic mass is 10.2. The quantitative estimate of drug-likeness (QED) is 0.817. The van der Waals surface area contributed by atoms with Crippen LogP contribution in [0.25, 0.3) is 0 Å². The number of anilines is 2. The summed E-state index contributed by atoms with van der Waals surface area (Å²) in [5, 5.41) is 3.11. The molecule has 2 aromatic rings. The maximum atomic E-state index is 12.7. The summed E-state index contributed by atoms with van der Waals surface area (Å²) in [5.74, 6) is 0.968. The van der Waals surface area contributed by atoms with Crippen LogP contribution in [-0.2, 0) is 4.79 Å². The van der Waals surface area contributed by atoms with Gasteiger partial charge in [-0.1, -0.05) is 0 Å². The van der Waals surface area contributed by atoms with Gasteiger partial charge in [-0.3, -0.25) is 9.59 Å². The van der Waals surface area contributed by atoms with Gasteiger partial charge in [0.2, 0.25) is 12.4 Å². The summed E-state index contributed by atoms with van der Waals surface area (Å²) in [6, 6.07) is 9.04. The topological polar surface area (TPSA) is 87.7 Å². The third-order valence-electron chi connectivity index (χ3n) is 4.17. The first-order chi connectivity index (χ1) is 12.6. The number of nitrogens with zero attached hydrogens (tertiary/aromatic N) is 4. The molecule has 26 heavy (non-hydrogen) atoms.